The van der Waals surface area contributed by atoms with Crippen LogP contribution in [-0.4, -0.2) is 28.5 Å². The standard InChI is InChI=1S/C13H20O3/c1-8-9(2)12-10(6-11(8)15)4-5-13(3,7-14)16-12/h6,9,12,14-15H,4-5,7H2,1-3H3/t9?,12?,13-/m0/s1. The molecule has 0 saturated carbocycles. The van der Waals surface area contributed by atoms with Crippen molar-refractivity contribution in [3.63, 3.8) is 0 Å². The van der Waals surface area contributed by atoms with Gasteiger partial charge in [0.25, 0.3) is 0 Å². The van der Waals surface area contributed by atoms with Crippen molar-refractivity contribution in [2.45, 2.75) is 45.3 Å². The van der Waals surface area contributed by atoms with Gasteiger partial charge in [-0.15, -0.1) is 0 Å². The maximum absolute atomic E-state index is 9.77. The lowest BCUT2D eigenvalue weighted by atomic mass is 9.79. The molecule has 1 saturated heterocycles. The molecule has 0 amide bonds. The maximum Gasteiger partial charge on any atom is 0.114 e. The number of fused-ring (bicyclic) bond motifs is 1. The van der Waals surface area contributed by atoms with Gasteiger partial charge in [-0.3, -0.25) is 0 Å². The zero-order valence-electron chi connectivity index (χ0n) is 10.2. The van der Waals surface area contributed by atoms with Crippen molar-refractivity contribution in [3.8, 4) is 0 Å². The molecule has 1 aliphatic carbocycles. The summed E-state index contributed by atoms with van der Waals surface area (Å²) in [6.07, 6.45) is 3.55. The highest BCUT2D eigenvalue weighted by Crippen LogP contribution is 2.40. The van der Waals surface area contributed by atoms with Gasteiger partial charge < -0.3 is 14.9 Å². The molecule has 0 radical (unpaired) electrons. The van der Waals surface area contributed by atoms with Crippen LogP contribution in [0.1, 0.15) is 33.6 Å². The number of ether oxygens (including phenoxy) is 1. The summed E-state index contributed by atoms with van der Waals surface area (Å²) in [5.41, 5.74) is 1.70. The first-order valence-electron chi connectivity index (χ1n) is 5.86. The van der Waals surface area contributed by atoms with Crippen LogP contribution in [0.5, 0.6) is 0 Å². The van der Waals surface area contributed by atoms with E-state index in [1.807, 2.05) is 19.9 Å². The van der Waals surface area contributed by atoms with E-state index >= 15 is 0 Å². The van der Waals surface area contributed by atoms with E-state index in [1.54, 1.807) is 0 Å². The molecule has 1 aliphatic heterocycles. The smallest absolute Gasteiger partial charge is 0.114 e. The molecule has 1 fully saturated rings. The molecule has 90 valence electrons. The Morgan fingerprint density at radius 2 is 2.25 bits per heavy atom. The summed E-state index contributed by atoms with van der Waals surface area (Å²) >= 11 is 0. The van der Waals surface area contributed by atoms with Crippen LogP contribution in [0.4, 0.5) is 0 Å². The summed E-state index contributed by atoms with van der Waals surface area (Å²) in [7, 11) is 0. The molecule has 2 rings (SSSR count). The lowest BCUT2D eigenvalue weighted by Gasteiger charge is -2.43. The number of allylic oxidation sites excluding steroid dienone is 1. The first-order chi connectivity index (χ1) is 7.47. The summed E-state index contributed by atoms with van der Waals surface area (Å²) < 4.78 is 5.99. The molecule has 2 aliphatic rings. The minimum absolute atomic E-state index is 0.0156. The second-order valence-electron chi connectivity index (χ2n) is 5.22. The normalized spacial score (nSPS) is 39.4. The molecule has 3 heteroatoms. The zero-order valence-corrected chi connectivity index (χ0v) is 10.2. The third-order valence-corrected chi connectivity index (χ3v) is 3.92. The molecule has 2 unspecified atom stereocenters. The van der Waals surface area contributed by atoms with Crippen LogP contribution in [0.15, 0.2) is 23.0 Å². The fourth-order valence-corrected chi connectivity index (χ4v) is 2.44. The van der Waals surface area contributed by atoms with Crippen molar-refractivity contribution < 1.29 is 14.9 Å². The molecule has 2 N–H and O–H groups in total. The second kappa shape index (κ2) is 3.90. The van der Waals surface area contributed by atoms with E-state index in [2.05, 4.69) is 6.92 Å². The largest absolute Gasteiger partial charge is 0.508 e. The SMILES string of the molecule is CC1=C(O)C=C2CC[C@@](C)(CO)OC2C1C. The number of aliphatic hydroxyl groups excluding tert-OH is 2. The molecule has 0 aromatic carbocycles. The summed E-state index contributed by atoms with van der Waals surface area (Å²) in [6.45, 7) is 6.00. The molecular weight excluding hydrogens is 204 g/mol. The van der Waals surface area contributed by atoms with Crippen LogP contribution in [0.3, 0.4) is 0 Å². The molecule has 0 aromatic heterocycles. The van der Waals surface area contributed by atoms with E-state index in [0.29, 0.717) is 5.76 Å². The van der Waals surface area contributed by atoms with Gasteiger partial charge in [0.15, 0.2) is 0 Å². The summed E-state index contributed by atoms with van der Waals surface area (Å²) in [4.78, 5) is 0. The molecule has 3 atom stereocenters. The number of hydrogen-bond acceptors (Lipinski definition) is 3. The van der Waals surface area contributed by atoms with E-state index in [1.165, 1.54) is 0 Å². The molecule has 0 bridgehead atoms. The molecule has 1 heterocycles. The highest BCUT2D eigenvalue weighted by Gasteiger charge is 2.40. The fraction of sp³-hybridized carbons (Fsp3) is 0.692. The Labute approximate surface area is 96.4 Å². The van der Waals surface area contributed by atoms with Crippen molar-refractivity contribution >= 4 is 0 Å². The Balaban J connectivity index is 2.27. The lowest BCUT2D eigenvalue weighted by molar-refractivity contribution is -0.130. The first-order valence-corrected chi connectivity index (χ1v) is 5.86. The highest BCUT2D eigenvalue weighted by molar-refractivity contribution is 5.34. The fourth-order valence-electron chi connectivity index (χ4n) is 2.44. The van der Waals surface area contributed by atoms with E-state index in [9.17, 15) is 10.2 Å². The van der Waals surface area contributed by atoms with Gasteiger partial charge in [-0.2, -0.15) is 0 Å². The van der Waals surface area contributed by atoms with Crippen LogP contribution in [0, 0.1) is 5.92 Å². The average molecular weight is 224 g/mol. The molecule has 0 aromatic rings. The third-order valence-electron chi connectivity index (χ3n) is 3.92. The summed E-state index contributed by atoms with van der Waals surface area (Å²) in [6, 6.07) is 0. The van der Waals surface area contributed by atoms with Crippen LogP contribution in [-0.2, 0) is 4.74 Å². The Hall–Kier alpha value is -0.800. The molecule has 0 spiro atoms. The molecule has 3 nitrogen and oxygen atoms in total. The van der Waals surface area contributed by atoms with Crippen LogP contribution >= 0.6 is 0 Å². The number of hydrogen-bond donors (Lipinski definition) is 2. The Kier molecular flexibility index (Phi) is 2.84. The van der Waals surface area contributed by atoms with Crippen molar-refractivity contribution in [2.24, 2.45) is 5.92 Å². The van der Waals surface area contributed by atoms with Gasteiger partial charge in [-0.1, -0.05) is 6.92 Å². The van der Waals surface area contributed by atoms with E-state index in [-0.39, 0.29) is 18.6 Å². The van der Waals surface area contributed by atoms with Crippen molar-refractivity contribution in [1.82, 2.24) is 0 Å². The van der Waals surface area contributed by atoms with Gasteiger partial charge >= 0.3 is 0 Å². The highest BCUT2D eigenvalue weighted by atomic mass is 16.5. The Bertz CT molecular complexity index is 356. The first kappa shape index (κ1) is 11.7. The van der Waals surface area contributed by atoms with Gasteiger partial charge in [-0.05, 0) is 43.9 Å². The van der Waals surface area contributed by atoms with E-state index in [4.69, 9.17) is 4.74 Å². The second-order valence-corrected chi connectivity index (χ2v) is 5.22. The molecule has 16 heavy (non-hydrogen) atoms. The van der Waals surface area contributed by atoms with Crippen molar-refractivity contribution in [3.05, 3.63) is 23.0 Å². The van der Waals surface area contributed by atoms with Crippen molar-refractivity contribution in [1.29, 1.82) is 0 Å². The maximum atomic E-state index is 9.77. The van der Waals surface area contributed by atoms with Crippen LogP contribution in [0.25, 0.3) is 0 Å². The summed E-state index contributed by atoms with van der Waals surface area (Å²) in [5, 5.41) is 19.1. The third kappa shape index (κ3) is 1.78. The van der Waals surface area contributed by atoms with Gasteiger partial charge in [0.1, 0.15) is 5.76 Å². The van der Waals surface area contributed by atoms with Crippen LogP contribution < -0.4 is 0 Å². The van der Waals surface area contributed by atoms with Gasteiger partial charge in [0.2, 0.25) is 0 Å². The minimum atomic E-state index is -0.427. The van der Waals surface area contributed by atoms with Gasteiger partial charge in [0.05, 0.1) is 18.3 Å². The predicted molar refractivity (Wildman–Crippen MR) is 62.2 cm³/mol. The zero-order chi connectivity index (χ0) is 11.9. The average Bonchev–Trinajstić information content (AvgIpc) is 2.28. The topological polar surface area (TPSA) is 49.7 Å². The quantitative estimate of drug-likeness (QED) is 0.718. The number of aliphatic hydroxyl groups is 2. The van der Waals surface area contributed by atoms with E-state index < -0.39 is 5.60 Å². The minimum Gasteiger partial charge on any atom is -0.508 e. The van der Waals surface area contributed by atoms with Gasteiger partial charge in [-0.25, -0.2) is 0 Å². The van der Waals surface area contributed by atoms with E-state index in [0.717, 1.165) is 24.0 Å². The number of rotatable bonds is 1. The van der Waals surface area contributed by atoms with Crippen LogP contribution in [0.2, 0.25) is 0 Å². The summed E-state index contributed by atoms with van der Waals surface area (Å²) in [5.74, 6) is 0.570. The molecular formula is C13H20O3. The predicted octanol–water partition coefficient (Wildman–Crippen LogP) is 2.32. The van der Waals surface area contributed by atoms with Crippen molar-refractivity contribution in [2.75, 3.05) is 6.61 Å². The Morgan fingerprint density at radius 1 is 1.56 bits per heavy atom. The van der Waals surface area contributed by atoms with Gasteiger partial charge in [0, 0.05) is 5.92 Å². The monoisotopic (exact) mass is 224 g/mol. The Morgan fingerprint density at radius 3 is 2.88 bits per heavy atom. The lowest BCUT2D eigenvalue weighted by Crippen LogP contribution is -2.45.